The summed E-state index contributed by atoms with van der Waals surface area (Å²) in [6, 6.07) is 32.5. The lowest BCUT2D eigenvalue weighted by Crippen LogP contribution is -2.47. The van der Waals surface area contributed by atoms with E-state index in [-0.39, 0.29) is 0 Å². The molecule has 0 aliphatic carbocycles. The number of benzene rings is 3. The summed E-state index contributed by atoms with van der Waals surface area (Å²) in [6.45, 7) is 11.6. The van der Waals surface area contributed by atoms with Gasteiger partial charge in [-0.2, -0.15) is 0 Å². The second-order valence-electron chi connectivity index (χ2n) is 8.73. The highest BCUT2D eigenvalue weighted by molar-refractivity contribution is 6.91. The Hall–Kier alpha value is -2.37. The Balaban J connectivity index is 1.97. The van der Waals surface area contributed by atoms with E-state index in [9.17, 15) is 0 Å². The van der Waals surface area contributed by atoms with Gasteiger partial charge in [0.05, 0.1) is 13.8 Å². The Labute approximate surface area is 178 Å². The fraction of sp³-hybridized carbons (Fsp3) is 0.231. The van der Waals surface area contributed by atoms with Gasteiger partial charge in [0, 0.05) is 5.54 Å². The molecule has 3 rings (SSSR count). The minimum absolute atomic E-state index is 0.353. The third kappa shape index (κ3) is 5.17. The second-order valence-corrected chi connectivity index (χ2v) is 17.2. The molecule has 0 amide bonds. The zero-order chi connectivity index (χ0) is 20.9. The van der Waals surface area contributed by atoms with E-state index in [1.54, 1.807) is 0 Å². The Morgan fingerprint density at radius 2 is 1.14 bits per heavy atom. The first-order chi connectivity index (χ1) is 13.8. The molecule has 0 aromatic heterocycles. The molecule has 1 nitrogen and oxygen atoms in total. The summed E-state index contributed by atoms with van der Waals surface area (Å²) in [4.78, 5) is 0. The van der Waals surface area contributed by atoms with Gasteiger partial charge >= 0.3 is 0 Å². The van der Waals surface area contributed by atoms with Crippen LogP contribution in [-0.4, -0.2) is 16.4 Å². The number of hydrogen-bond acceptors (Lipinski definition) is 1. The molecule has 0 saturated carbocycles. The monoisotopic (exact) mass is 416 g/mol. The molecule has 0 heterocycles. The van der Waals surface area contributed by atoms with Crippen LogP contribution in [0.5, 0.6) is 0 Å². The summed E-state index contributed by atoms with van der Waals surface area (Å²) >= 11 is 0. The lowest BCUT2D eigenvalue weighted by molar-refractivity contribution is 0.427. The lowest BCUT2D eigenvalue weighted by Gasteiger charge is -2.33. The fourth-order valence-electron chi connectivity index (χ4n) is 4.00. The molecule has 0 aliphatic heterocycles. The normalized spacial score (nSPS) is 13.8. The topological polar surface area (TPSA) is 9.23 Å². The maximum Gasteiger partial charge on any atom is 0.276 e. The van der Waals surface area contributed by atoms with Crippen LogP contribution < -0.4 is 10.4 Å². The molecule has 0 radical (unpaired) electrons. The van der Waals surface area contributed by atoms with E-state index >= 15 is 0 Å². The first kappa shape index (κ1) is 21.3. The average molecular weight is 417 g/mol. The van der Waals surface area contributed by atoms with Crippen LogP contribution >= 0.6 is 0 Å². The summed E-state index contributed by atoms with van der Waals surface area (Å²) in [5.41, 5.74) is 1.72. The average Bonchev–Trinajstić information content (AvgIpc) is 2.73. The van der Waals surface area contributed by atoms with Crippen LogP contribution in [0, 0.1) is 0 Å². The van der Waals surface area contributed by atoms with Gasteiger partial charge in [0.15, 0.2) is 0 Å². The van der Waals surface area contributed by atoms with Gasteiger partial charge in [0.25, 0.3) is 8.32 Å². The van der Waals surface area contributed by atoms with Crippen LogP contribution in [0.3, 0.4) is 0 Å². The van der Waals surface area contributed by atoms with Crippen molar-refractivity contribution in [3.05, 3.63) is 108 Å². The smallest absolute Gasteiger partial charge is 0.276 e. The lowest BCUT2D eigenvalue weighted by atomic mass is 10.1. The molecular weight excluding hydrogens is 384 g/mol. The maximum absolute atomic E-state index is 6.63. The Morgan fingerprint density at radius 1 is 0.690 bits per heavy atom. The molecule has 29 heavy (non-hydrogen) atoms. The van der Waals surface area contributed by atoms with Crippen molar-refractivity contribution < 1.29 is 4.43 Å². The minimum atomic E-state index is -2.00. The number of rotatable bonds is 7. The van der Waals surface area contributed by atoms with E-state index in [2.05, 4.69) is 130 Å². The first-order valence-corrected chi connectivity index (χ1v) is 16.3. The van der Waals surface area contributed by atoms with Crippen LogP contribution in [-0.2, 0) is 4.43 Å². The number of allylic oxidation sites excluding steroid dienone is 2. The van der Waals surface area contributed by atoms with E-state index < -0.39 is 16.4 Å². The van der Waals surface area contributed by atoms with E-state index in [4.69, 9.17) is 4.43 Å². The predicted octanol–water partition coefficient (Wildman–Crippen LogP) is 5.96. The van der Waals surface area contributed by atoms with Crippen molar-refractivity contribution in [1.29, 1.82) is 0 Å². The van der Waals surface area contributed by atoms with Crippen molar-refractivity contribution in [3.8, 4) is 0 Å². The van der Waals surface area contributed by atoms with Gasteiger partial charge in [0.1, 0.15) is 0 Å². The summed E-state index contributed by atoms with van der Waals surface area (Å²) in [5, 5.41) is 2.79. The highest BCUT2D eigenvalue weighted by atomic mass is 28.4. The van der Waals surface area contributed by atoms with Crippen molar-refractivity contribution in [2.24, 2.45) is 0 Å². The van der Waals surface area contributed by atoms with E-state index in [0.717, 1.165) is 5.76 Å². The third-order valence-corrected chi connectivity index (χ3v) is 12.2. The second kappa shape index (κ2) is 8.97. The zero-order valence-electron chi connectivity index (χ0n) is 18.2. The summed E-state index contributed by atoms with van der Waals surface area (Å²) in [7, 11) is -3.81. The molecule has 0 aliphatic rings. The molecular formula is C26H32OSi2. The van der Waals surface area contributed by atoms with Gasteiger partial charge in [-0.3, -0.25) is 0 Å². The van der Waals surface area contributed by atoms with Crippen molar-refractivity contribution in [2.45, 2.75) is 38.7 Å². The largest absolute Gasteiger partial charge is 0.543 e. The highest BCUT2D eigenvalue weighted by Gasteiger charge is 2.34. The van der Waals surface area contributed by atoms with Gasteiger partial charge in [-0.1, -0.05) is 109 Å². The molecule has 3 aromatic carbocycles. The van der Waals surface area contributed by atoms with Gasteiger partial charge < -0.3 is 4.43 Å². The summed E-state index contributed by atoms with van der Waals surface area (Å²) in [5.74, 6) is 1.04. The van der Waals surface area contributed by atoms with Crippen molar-refractivity contribution in [1.82, 2.24) is 0 Å². The number of hydrogen-bond donors (Lipinski definition) is 0. The molecule has 0 spiro atoms. The van der Waals surface area contributed by atoms with Crippen LogP contribution in [0.4, 0.5) is 0 Å². The van der Waals surface area contributed by atoms with E-state index in [1.165, 1.54) is 15.9 Å². The van der Waals surface area contributed by atoms with Gasteiger partial charge in [0.2, 0.25) is 0 Å². The summed E-state index contributed by atoms with van der Waals surface area (Å²) in [6.07, 6.45) is 2.38. The summed E-state index contributed by atoms with van der Waals surface area (Å²) < 4.78 is 6.63. The van der Waals surface area contributed by atoms with Gasteiger partial charge in [-0.15, -0.1) is 0 Å². The molecule has 0 saturated heterocycles. The van der Waals surface area contributed by atoms with Crippen LogP contribution in [0.15, 0.2) is 103 Å². The Bertz CT molecular complexity index is 932. The van der Waals surface area contributed by atoms with Gasteiger partial charge in [-0.25, -0.2) is 0 Å². The molecule has 0 bridgehead atoms. The molecule has 150 valence electrons. The predicted molar refractivity (Wildman–Crippen MR) is 131 cm³/mol. The van der Waals surface area contributed by atoms with Crippen LogP contribution in [0.2, 0.25) is 26.2 Å². The first-order valence-electron chi connectivity index (χ1n) is 10.3. The van der Waals surface area contributed by atoms with Crippen LogP contribution in [0.1, 0.15) is 18.0 Å². The molecule has 1 atom stereocenters. The Kier molecular flexibility index (Phi) is 6.61. The third-order valence-electron chi connectivity index (χ3n) is 5.74. The fourth-order valence-corrected chi connectivity index (χ4v) is 9.07. The van der Waals surface area contributed by atoms with E-state index in [0.29, 0.717) is 5.54 Å². The quantitative estimate of drug-likeness (QED) is 0.341. The highest BCUT2D eigenvalue weighted by Crippen LogP contribution is 2.30. The van der Waals surface area contributed by atoms with Crippen LogP contribution in [0.25, 0.3) is 0 Å². The van der Waals surface area contributed by atoms with Crippen molar-refractivity contribution in [2.75, 3.05) is 0 Å². The van der Waals surface area contributed by atoms with Crippen molar-refractivity contribution in [3.63, 3.8) is 0 Å². The maximum atomic E-state index is 6.63. The standard InChI is InChI=1S/C26H32OSi2/c1-22(27-29(4,5)25-19-13-8-14-20-25)21-26(23-15-9-6-10-16-23)28(2,3)24-17-11-7-12-18-24/h6-21,26H,1-5H3/b22-21+. The molecule has 3 aromatic rings. The molecule has 0 fully saturated rings. The van der Waals surface area contributed by atoms with E-state index in [1.807, 2.05) is 0 Å². The van der Waals surface area contributed by atoms with Crippen molar-refractivity contribution >= 4 is 26.8 Å². The van der Waals surface area contributed by atoms with Gasteiger partial charge in [-0.05, 0) is 36.8 Å². The minimum Gasteiger partial charge on any atom is -0.543 e. The Morgan fingerprint density at radius 3 is 1.66 bits per heavy atom. The zero-order valence-corrected chi connectivity index (χ0v) is 20.2. The molecule has 1 unspecified atom stereocenters. The SMILES string of the molecule is C/C(=C\C(c1ccccc1)[Si](C)(C)c1ccccc1)O[Si](C)(C)c1ccccc1. The molecule has 3 heteroatoms. The molecule has 0 N–H and O–H groups in total.